The number of carboxylic acid groups (broad SMARTS) is 2. The number of amides is 1. The zero-order chi connectivity index (χ0) is 14.9. The summed E-state index contributed by atoms with van der Waals surface area (Å²) in [6.45, 7) is 1.48. The van der Waals surface area contributed by atoms with Gasteiger partial charge in [-0.25, -0.2) is 4.79 Å². The fourth-order valence-corrected chi connectivity index (χ4v) is 4.19. The van der Waals surface area contributed by atoms with E-state index in [2.05, 4.69) is 5.32 Å². The SMILES string of the molecule is C[C@H](N)C(=O)N[C@@]1(C(=O)O)CC2(CC2)[C@H]2[C@H](C(=O)O)[C@H]21.O.O. The van der Waals surface area contributed by atoms with Crippen LogP contribution >= 0.6 is 0 Å². The molecule has 22 heavy (non-hydrogen) atoms. The van der Waals surface area contributed by atoms with E-state index in [1.807, 2.05) is 0 Å². The third kappa shape index (κ3) is 2.16. The lowest BCUT2D eigenvalue weighted by atomic mass is 9.84. The van der Waals surface area contributed by atoms with E-state index in [9.17, 15) is 24.6 Å². The number of rotatable bonds is 4. The minimum Gasteiger partial charge on any atom is -0.481 e. The molecular weight excluding hydrogens is 296 g/mol. The number of nitrogens with two attached hydrogens (primary N) is 1. The zero-order valence-electron chi connectivity index (χ0n) is 12.1. The van der Waals surface area contributed by atoms with Gasteiger partial charge in [0.2, 0.25) is 5.91 Å². The van der Waals surface area contributed by atoms with Crippen molar-refractivity contribution >= 4 is 17.8 Å². The van der Waals surface area contributed by atoms with Crippen LogP contribution in [0.15, 0.2) is 0 Å². The Morgan fingerprint density at radius 1 is 1.18 bits per heavy atom. The largest absolute Gasteiger partial charge is 0.481 e. The molecule has 5 atom stereocenters. The second kappa shape index (κ2) is 5.18. The number of aliphatic carboxylic acids is 2. The van der Waals surface area contributed by atoms with E-state index >= 15 is 0 Å². The van der Waals surface area contributed by atoms with Gasteiger partial charge in [0, 0.05) is 5.92 Å². The second-order valence-corrected chi connectivity index (χ2v) is 6.51. The molecule has 0 aromatic rings. The summed E-state index contributed by atoms with van der Waals surface area (Å²) in [6, 6.07) is -0.817. The van der Waals surface area contributed by atoms with Crippen molar-refractivity contribution in [1.82, 2.24) is 5.32 Å². The first-order valence-corrected chi connectivity index (χ1v) is 6.79. The van der Waals surface area contributed by atoms with Crippen LogP contribution in [0.4, 0.5) is 0 Å². The molecule has 0 bridgehead atoms. The second-order valence-electron chi connectivity index (χ2n) is 6.51. The third-order valence-corrected chi connectivity index (χ3v) is 5.25. The Balaban J connectivity index is 0.00000121. The fourth-order valence-electron chi connectivity index (χ4n) is 4.19. The minimum atomic E-state index is -1.46. The Morgan fingerprint density at radius 2 is 1.73 bits per heavy atom. The molecular formula is C13H22N2O7. The Kier molecular flexibility index (Phi) is 4.32. The predicted octanol–water partition coefficient (Wildman–Crippen LogP) is -2.25. The summed E-state index contributed by atoms with van der Waals surface area (Å²) in [6.07, 6.45) is 2.02. The van der Waals surface area contributed by atoms with Crippen LogP contribution in [0.1, 0.15) is 26.2 Å². The normalized spacial score (nSPS) is 37.1. The van der Waals surface area contributed by atoms with Crippen molar-refractivity contribution in [3.05, 3.63) is 0 Å². The lowest BCUT2D eigenvalue weighted by Gasteiger charge is -2.31. The summed E-state index contributed by atoms with van der Waals surface area (Å²) in [7, 11) is 0. The van der Waals surface area contributed by atoms with E-state index in [-0.39, 0.29) is 22.3 Å². The summed E-state index contributed by atoms with van der Waals surface area (Å²) in [5, 5.41) is 21.4. The quantitative estimate of drug-likeness (QED) is 0.452. The van der Waals surface area contributed by atoms with E-state index < -0.39 is 41.3 Å². The fraction of sp³-hybridized carbons (Fsp3) is 0.769. The molecule has 3 rings (SSSR count). The van der Waals surface area contributed by atoms with Gasteiger partial charge < -0.3 is 32.2 Å². The predicted molar refractivity (Wildman–Crippen MR) is 73.8 cm³/mol. The molecule has 9 nitrogen and oxygen atoms in total. The van der Waals surface area contributed by atoms with E-state index in [1.54, 1.807) is 0 Å². The summed E-state index contributed by atoms with van der Waals surface area (Å²) in [4.78, 5) is 34.9. The molecule has 0 saturated heterocycles. The average molecular weight is 318 g/mol. The van der Waals surface area contributed by atoms with Crippen molar-refractivity contribution in [3.8, 4) is 0 Å². The molecule has 126 valence electrons. The first-order valence-electron chi connectivity index (χ1n) is 6.79. The molecule has 0 aliphatic heterocycles. The first kappa shape index (κ1) is 18.3. The molecule has 1 amide bonds. The molecule has 9 N–H and O–H groups in total. The van der Waals surface area contributed by atoms with Crippen LogP contribution in [0, 0.1) is 23.2 Å². The molecule has 3 aliphatic carbocycles. The van der Waals surface area contributed by atoms with E-state index in [4.69, 9.17) is 5.73 Å². The van der Waals surface area contributed by atoms with Crippen LogP contribution in [0.2, 0.25) is 0 Å². The maximum Gasteiger partial charge on any atom is 0.329 e. The Labute approximate surface area is 126 Å². The average Bonchev–Trinajstić information content (AvgIpc) is 3.17. The molecule has 0 radical (unpaired) electrons. The van der Waals surface area contributed by atoms with Gasteiger partial charge in [0.1, 0.15) is 5.54 Å². The smallest absolute Gasteiger partial charge is 0.329 e. The zero-order valence-corrected chi connectivity index (χ0v) is 12.1. The number of carboxylic acids is 2. The maximum atomic E-state index is 11.8. The summed E-state index contributed by atoms with van der Waals surface area (Å²) >= 11 is 0. The van der Waals surface area contributed by atoms with E-state index in [0.29, 0.717) is 6.42 Å². The van der Waals surface area contributed by atoms with Gasteiger partial charge in [0.25, 0.3) is 0 Å². The van der Waals surface area contributed by atoms with Gasteiger partial charge in [-0.05, 0) is 37.5 Å². The standard InChI is InChI=1S/C13H18N2O5.2H2O/c1-5(14)9(16)15-13(11(19)20)4-12(2-3-12)7-6(8(7)13)10(17)18;;/h5-8H,2-4,14H2,1H3,(H,15,16)(H,17,18)(H,19,20);2*1H2/t5-,6-,7-,8+,13-;;/m0../s1. The molecule has 1 spiro atoms. The highest BCUT2D eigenvalue weighted by atomic mass is 16.4. The van der Waals surface area contributed by atoms with Gasteiger partial charge in [-0.1, -0.05) is 0 Å². The molecule has 0 heterocycles. The maximum absolute atomic E-state index is 11.8. The van der Waals surface area contributed by atoms with Crippen LogP contribution in [-0.2, 0) is 14.4 Å². The van der Waals surface area contributed by atoms with Gasteiger partial charge in [-0.15, -0.1) is 0 Å². The third-order valence-electron chi connectivity index (χ3n) is 5.25. The topological polar surface area (TPSA) is 193 Å². The number of carbonyl (C=O) groups excluding carboxylic acids is 1. The number of fused-ring (bicyclic) bond motifs is 2. The minimum absolute atomic E-state index is 0. The van der Waals surface area contributed by atoms with Crippen LogP contribution in [0.5, 0.6) is 0 Å². The van der Waals surface area contributed by atoms with Gasteiger partial charge >= 0.3 is 11.9 Å². The summed E-state index contributed by atoms with van der Waals surface area (Å²) in [5.41, 5.74) is 3.83. The van der Waals surface area contributed by atoms with Crippen molar-refractivity contribution in [2.45, 2.75) is 37.8 Å². The highest BCUT2D eigenvalue weighted by molar-refractivity contribution is 5.92. The summed E-state index contributed by atoms with van der Waals surface area (Å²) in [5.74, 6) is -3.94. The van der Waals surface area contributed by atoms with Crippen molar-refractivity contribution in [2.75, 3.05) is 0 Å². The molecule has 3 aliphatic rings. The lowest BCUT2D eigenvalue weighted by Crippen LogP contribution is -2.59. The molecule has 3 saturated carbocycles. The van der Waals surface area contributed by atoms with Gasteiger partial charge in [0.05, 0.1) is 12.0 Å². The van der Waals surface area contributed by atoms with Crippen molar-refractivity contribution in [1.29, 1.82) is 0 Å². The highest BCUT2D eigenvalue weighted by Crippen LogP contribution is 2.78. The van der Waals surface area contributed by atoms with Crippen molar-refractivity contribution < 1.29 is 35.5 Å². The van der Waals surface area contributed by atoms with Crippen LogP contribution < -0.4 is 11.1 Å². The molecule has 0 aromatic carbocycles. The summed E-state index contributed by atoms with van der Waals surface area (Å²) < 4.78 is 0. The van der Waals surface area contributed by atoms with Gasteiger partial charge in [-0.3, -0.25) is 9.59 Å². The number of hydrogen-bond donors (Lipinski definition) is 4. The highest BCUT2D eigenvalue weighted by Gasteiger charge is 2.82. The Hall–Kier alpha value is -1.71. The number of nitrogens with one attached hydrogen (secondary N) is 1. The molecule has 0 unspecified atom stereocenters. The van der Waals surface area contributed by atoms with E-state index in [0.717, 1.165) is 12.8 Å². The van der Waals surface area contributed by atoms with Gasteiger partial charge in [0.15, 0.2) is 0 Å². The van der Waals surface area contributed by atoms with Gasteiger partial charge in [-0.2, -0.15) is 0 Å². The van der Waals surface area contributed by atoms with E-state index in [1.165, 1.54) is 6.92 Å². The first-order chi connectivity index (χ1) is 9.25. The molecule has 9 heteroatoms. The molecule has 3 fully saturated rings. The van der Waals surface area contributed by atoms with Crippen LogP contribution in [0.25, 0.3) is 0 Å². The lowest BCUT2D eigenvalue weighted by molar-refractivity contribution is -0.150. The molecule has 0 aromatic heterocycles. The van der Waals surface area contributed by atoms with Crippen LogP contribution in [0.3, 0.4) is 0 Å². The number of carbonyl (C=O) groups is 3. The Morgan fingerprint density at radius 3 is 2.09 bits per heavy atom. The van der Waals surface area contributed by atoms with Crippen molar-refractivity contribution in [2.24, 2.45) is 28.9 Å². The van der Waals surface area contributed by atoms with Crippen LogP contribution in [-0.4, -0.2) is 50.6 Å². The number of hydrogen-bond acceptors (Lipinski definition) is 4. The monoisotopic (exact) mass is 318 g/mol. The Bertz CT molecular complexity index is 517. The van der Waals surface area contributed by atoms with Crippen molar-refractivity contribution in [3.63, 3.8) is 0 Å².